The van der Waals surface area contributed by atoms with Crippen LogP contribution in [0.5, 0.6) is 0 Å². The minimum atomic E-state index is -1.26. The van der Waals surface area contributed by atoms with E-state index < -0.39 is 41.5 Å². The van der Waals surface area contributed by atoms with Gasteiger partial charge >= 0.3 is 6.09 Å². The fraction of sp³-hybridized carbons (Fsp3) is 0.333. The molecular weight excluding hydrogens is 460 g/mol. The molecule has 2 atom stereocenters. The number of rotatable bonds is 9. The van der Waals surface area contributed by atoms with Crippen LogP contribution >= 0.6 is 0 Å². The average molecular weight is 493 g/mol. The van der Waals surface area contributed by atoms with Crippen LogP contribution in [0, 0.1) is 19.4 Å². The molecule has 0 fully saturated rings. The Balaban J connectivity index is 2.43. The largest absolute Gasteiger partial charge is 0.444 e. The van der Waals surface area contributed by atoms with Gasteiger partial charge in [0.25, 0.3) is 11.8 Å². The Hall–Kier alpha value is -4.32. The van der Waals surface area contributed by atoms with Crippen molar-refractivity contribution in [2.75, 3.05) is 5.32 Å². The van der Waals surface area contributed by atoms with E-state index in [1.54, 1.807) is 63.2 Å². The molecule has 9 heteroatoms. The van der Waals surface area contributed by atoms with Gasteiger partial charge in [-0.25, -0.2) is 4.79 Å². The molecule has 0 saturated heterocycles. The topological polar surface area (TPSA) is 131 Å². The van der Waals surface area contributed by atoms with Crippen LogP contribution < -0.4 is 16.4 Å². The van der Waals surface area contributed by atoms with Crippen LogP contribution in [0.4, 0.5) is 10.5 Å². The number of aryl methyl sites for hydroxylation is 1. The van der Waals surface area contributed by atoms with Gasteiger partial charge in [-0.1, -0.05) is 55.0 Å². The van der Waals surface area contributed by atoms with E-state index in [0.717, 1.165) is 10.5 Å². The van der Waals surface area contributed by atoms with Crippen molar-refractivity contribution >= 4 is 29.5 Å². The number of para-hydroxylation sites is 1. The zero-order chi connectivity index (χ0) is 26.9. The fourth-order valence-corrected chi connectivity index (χ4v) is 3.39. The first-order valence-corrected chi connectivity index (χ1v) is 11.4. The Bertz CT molecular complexity index is 1130. The van der Waals surface area contributed by atoms with Crippen molar-refractivity contribution in [3.8, 4) is 12.5 Å². The number of carbonyl (C=O) groups is 4. The first-order chi connectivity index (χ1) is 16.9. The SMILES string of the molecule is C#CN(C(=O)C(CCC(N)=O)NC(=O)OC(C)(C)C)C(C(=O)Nc1ccccc1C)c1ccccc1. The summed E-state index contributed by atoms with van der Waals surface area (Å²) in [6.07, 6.45) is 4.54. The molecule has 4 N–H and O–H groups in total. The predicted octanol–water partition coefficient (Wildman–Crippen LogP) is 3.25. The normalized spacial score (nSPS) is 12.4. The number of hydrogen-bond acceptors (Lipinski definition) is 5. The Kier molecular flexibility index (Phi) is 9.62. The van der Waals surface area contributed by atoms with E-state index in [4.69, 9.17) is 16.9 Å². The van der Waals surface area contributed by atoms with Gasteiger partial charge in [-0.05, 0) is 51.3 Å². The highest BCUT2D eigenvalue weighted by Gasteiger charge is 2.36. The van der Waals surface area contributed by atoms with Gasteiger partial charge in [0.15, 0.2) is 0 Å². The molecule has 4 amide bonds. The van der Waals surface area contributed by atoms with Crippen molar-refractivity contribution in [3.63, 3.8) is 0 Å². The standard InChI is InChI=1S/C27H32N4O5/c1-6-31(25(34)21(16-17-22(28)32)30-26(35)36-27(3,4)5)23(19-13-8-7-9-14-19)24(33)29-20-15-11-10-12-18(20)2/h1,7-15,21,23H,16-17H2,2-5H3,(H2,28,32)(H,29,33)(H,30,35). The number of hydrogen-bond donors (Lipinski definition) is 3. The minimum absolute atomic E-state index is 0.132. The third-order valence-corrected chi connectivity index (χ3v) is 5.07. The number of benzene rings is 2. The monoisotopic (exact) mass is 492 g/mol. The molecule has 2 rings (SSSR count). The van der Waals surface area contributed by atoms with Gasteiger partial charge in [0.2, 0.25) is 5.91 Å². The Morgan fingerprint density at radius 2 is 1.67 bits per heavy atom. The molecule has 2 aromatic carbocycles. The molecule has 0 saturated carbocycles. The highest BCUT2D eigenvalue weighted by Crippen LogP contribution is 2.25. The van der Waals surface area contributed by atoms with Crippen molar-refractivity contribution in [2.24, 2.45) is 5.73 Å². The number of ether oxygens (including phenoxy) is 1. The lowest BCUT2D eigenvalue weighted by Crippen LogP contribution is -2.51. The summed E-state index contributed by atoms with van der Waals surface area (Å²) in [4.78, 5) is 51.9. The molecular formula is C27H32N4O5. The predicted molar refractivity (Wildman–Crippen MR) is 136 cm³/mol. The molecule has 0 aliphatic heterocycles. The summed E-state index contributed by atoms with van der Waals surface area (Å²) in [5.74, 6) is -1.98. The Labute approximate surface area is 211 Å². The van der Waals surface area contributed by atoms with E-state index in [1.165, 1.54) is 0 Å². The highest BCUT2D eigenvalue weighted by molar-refractivity contribution is 6.00. The zero-order valence-electron chi connectivity index (χ0n) is 20.9. The number of anilines is 1. The van der Waals surface area contributed by atoms with E-state index in [2.05, 4.69) is 16.7 Å². The summed E-state index contributed by atoms with van der Waals surface area (Å²) in [5, 5.41) is 5.29. The van der Waals surface area contributed by atoms with E-state index in [0.29, 0.717) is 11.3 Å². The summed E-state index contributed by atoms with van der Waals surface area (Å²) in [6.45, 7) is 6.84. The van der Waals surface area contributed by atoms with Crippen LogP contribution in [-0.4, -0.2) is 40.4 Å². The summed E-state index contributed by atoms with van der Waals surface area (Å²) in [7, 11) is 0. The minimum Gasteiger partial charge on any atom is -0.444 e. The summed E-state index contributed by atoms with van der Waals surface area (Å²) in [6, 6.07) is 15.5. The van der Waals surface area contributed by atoms with Crippen LogP contribution in [-0.2, 0) is 19.1 Å². The lowest BCUT2D eigenvalue weighted by atomic mass is 10.0. The van der Waals surface area contributed by atoms with Gasteiger partial charge in [0.05, 0.1) is 0 Å². The maximum atomic E-state index is 13.6. The summed E-state index contributed by atoms with van der Waals surface area (Å²) < 4.78 is 5.26. The molecule has 0 bridgehead atoms. The van der Waals surface area contributed by atoms with E-state index in [9.17, 15) is 19.2 Å². The van der Waals surface area contributed by atoms with Gasteiger partial charge in [-0.3, -0.25) is 19.3 Å². The summed E-state index contributed by atoms with van der Waals surface area (Å²) in [5.41, 5.74) is 6.28. The number of nitrogens with one attached hydrogen (secondary N) is 2. The quantitative estimate of drug-likeness (QED) is 0.365. The Morgan fingerprint density at radius 3 is 2.22 bits per heavy atom. The molecule has 2 aromatic rings. The fourth-order valence-electron chi connectivity index (χ4n) is 3.39. The van der Waals surface area contributed by atoms with Crippen LogP contribution in [0.1, 0.15) is 50.8 Å². The zero-order valence-corrected chi connectivity index (χ0v) is 20.9. The molecule has 0 aliphatic carbocycles. The molecule has 0 radical (unpaired) electrons. The van der Waals surface area contributed by atoms with Gasteiger partial charge < -0.3 is 21.1 Å². The second-order valence-corrected chi connectivity index (χ2v) is 9.16. The molecule has 0 heterocycles. The van der Waals surface area contributed by atoms with Crippen LogP contribution in [0.25, 0.3) is 0 Å². The maximum absolute atomic E-state index is 13.6. The Morgan fingerprint density at radius 1 is 1.06 bits per heavy atom. The van der Waals surface area contributed by atoms with E-state index in [-0.39, 0.29) is 12.8 Å². The van der Waals surface area contributed by atoms with Crippen molar-refractivity contribution in [1.29, 1.82) is 0 Å². The smallest absolute Gasteiger partial charge is 0.408 e. The van der Waals surface area contributed by atoms with E-state index >= 15 is 0 Å². The van der Waals surface area contributed by atoms with E-state index in [1.807, 2.05) is 19.1 Å². The van der Waals surface area contributed by atoms with Crippen molar-refractivity contribution in [2.45, 2.75) is 58.2 Å². The number of amides is 4. The number of nitrogens with zero attached hydrogens (tertiary/aromatic N) is 1. The van der Waals surface area contributed by atoms with Crippen molar-refractivity contribution in [1.82, 2.24) is 10.2 Å². The third-order valence-electron chi connectivity index (χ3n) is 5.07. The lowest BCUT2D eigenvalue weighted by molar-refractivity contribution is -0.137. The van der Waals surface area contributed by atoms with Crippen LogP contribution in [0.3, 0.4) is 0 Å². The van der Waals surface area contributed by atoms with Crippen molar-refractivity contribution in [3.05, 3.63) is 65.7 Å². The molecule has 190 valence electrons. The third kappa shape index (κ3) is 8.17. The van der Waals surface area contributed by atoms with Gasteiger partial charge in [0.1, 0.15) is 17.7 Å². The van der Waals surface area contributed by atoms with Crippen LogP contribution in [0.15, 0.2) is 54.6 Å². The van der Waals surface area contributed by atoms with Gasteiger partial charge in [-0.2, -0.15) is 0 Å². The second-order valence-electron chi connectivity index (χ2n) is 9.16. The molecule has 0 aromatic heterocycles. The van der Waals surface area contributed by atoms with Gasteiger partial charge in [-0.15, -0.1) is 0 Å². The van der Waals surface area contributed by atoms with Gasteiger partial charge in [0, 0.05) is 18.2 Å². The second kappa shape index (κ2) is 12.4. The number of alkyl carbamates (subject to hydrolysis) is 1. The van der Waals surface area contributed by atoms with Crippen molar-refractivity contribution < 1.29 is 23.9 Å². The number of terminal acetylenes is 1. The number of carbonyl (C=O) groups excluding carboxylic acids is 4. The summed E-state index contributed by atoms with van der Waals surface area (Å²) >= 11 is 0. The average Bonchev–Trinajstić information content (AvgIpc) is 2.80. The molecule has 9 nitrogen and oxygen atoms in total. The first kappa shape index (κ1) is 27.9. The molecule has 2 unspecified atom stereocenters. The molecule has 0 aliphatic rings. The highest BCUT2D eigenvalue weighted by atomic mass is 16.6. The lowest BCUT2D eigenvalue weighted by Gasteiger charge is -2.30. The maximum Gasteiger partial charge on any atom is 0.408 e. The van der Waals surface area contributed by atoms with Crippen LogP contribution in [0.2, 0.25) is 0 Å². The molecule has 0 spiro atoms. The number of primary amides is 1. The first-order valence-electron chi connectivity index (χ1n) is 11.4. The number of nitrogens with two attached hydrogens (primary N) is 1. The molecule has 36 heavy (non-hydrogen) atoms.